The summed E-state index contributed by atoms with van der Waals surface area (Å²) in [6, 6.07) is 0.204. The molecule has 4 heteroatoms. The van der Waals surface area contributed by atoms with E-state index in [9.17, 15) is 4.79 Å². The molecule has 0 radical (unpaired) electrons. The van der Waals surface area contributed by atoms with Crippen LogP contribution in [0.25, 0.3) is 0 Å². The SMILES string of the molecule is CCC[C@H]1C2=NOCC2CN1C=O. The Bertz CT molecular complexity index is 240. The van der Waals surface area contributed by atoms with Crippen molar-refractivity contribution in [2.24, 2.45) is 11.1 Å². The zero-order valence-corrected chi connectivity index (χ0v) is 7.77. The molecule has 2 rings (SSSR count). The first kappa shape index (κ1) is 8.53. The van der Waals surface area contributed by atoms with Gasteiger partial charge in [-0.1, -0.05) is 18.5 Å². The van der Waals surface area contributed by atoms with Gasteiger partial charge in [-0.15, -0.1) is 0 Å². The maximum absolute atomic E-state index is 10.8. The zero-order chi connectivity index (χ0) is 9.26. The quantitative estimate of drug-likeness (QED) is 0.601. The zero-order valence-electron chi connectivity index (χ0n) is 7.77. The molecule has 1 unspecified atom stereocenters. The first-order chi connectivity index (χ1) is 6.36. The van der Waals surface area contributed by atoms with E-state index in [1.165, 1.54) is 0 Å². The van der Waals surface area contributed by atoms with Crippen LogP contribution in [0, 0.1) is 5.92 Å². The summed E-state index contributed by atoms with van der Waals surface area (Å²) in [5.41, 5.74) is 1.08. The molecule has 0 aliphatic carbocycles. The maximum atomic E-state index is 10.8. The van der Waals surface area contributed by atoms with E-state index in [1.54, 1.807) is 0 Å². The molecule has 2 heterocycles. The van der Waals surface area contributed by atoms with Crippen molar-refractivity contribution in [1.29, 1.82) is 0 Å². The standard InChI is InChI=1S/C9H14N2O2/c1-2-3-8-9-7(5-13-10-9)4-11(8)6-12/h6-8H,2-5H2,1H3/t7?,8-/m0/s1. The minimum absolute atomic E-state index is 0.204. The van der Waals surface area contributed by atoms with Crippen LogP contribution in [0.5, 0.6) is 0 Å². The number of amides is 1. The molecule has 2 aliphatic heterocycles. The molecule has 0 aromatic rings. The number of hydrogen-bond acceptors (Lipinski definition) is 3. The van der Waals surface area contributed by atoms with E-state index < -0.39 is 0 Å². The Kier molecular flexibility index (Phi) is 2.20. The Morgan fingerprint density at radius 2 is 2.62 bits per heavy atom. The summed E-state index contributed by atoms with van der Waals surface area (Å²) in [5, 5.41) is 4.01. The minimum Gasteiger partial charge on any atom is -0.395 e. The Hall–Kier alpha value is -1.06. The molecule has 2 aliphatic rings. The van der Waals surface area contributed by atoms with E-state index in [0.29, 0.717) is 12.5 Å². The summed E-state index contributed by atoms with van der Waals surface area (Å²) in [7, 11) is 0. The number of rotatable bonds is 3. The van der Waals surface area contributed by atoms with Crippen molar-refractivity contribution in [3.05, 3.63) is 0 Å². The van der Waals surface area contributed by atoms with E-state index in [2.05, 4.69) is 12.1 Å². The van der Waals surface area contributed by atoms with Gasteiger partial charge in [0, 0.05) is 6.54 Å². The molecule has 0 N–H and O–H groups in total. The van der Waals surface area contributed by atoms with Crippen LogP contribution in [0.15, 0.2) is 5.16 Å². The summed E-state index contributed by atoms with van der Waals surface area (Å²) >= 11 is 0. The Labute approximate surface area is 77.5 Å². The van der Waals surface area contributed by atoms with E-state index >= 15 is 0 Å². The van der Waals surface area contributed by atoms with Crippen molar-refractivity contribution in [3.63, 3.8) is 0 Å². The number of nitrogens with zero attached hydrogens (tertiary/aromatic N) is 2. The molecule has 0 saturated carbocycles. The van der Waals surface area contributed by atoms with Gasteiger partial charge in [0.2, 0.25) is 6.41 Å². The molecule has 1 saturated heterocycles. The third-order valence-electron chi connectivity index (χ3n) is 2.73. The second-order valence-electron chi connectivity index (χ2n) is 3.62. The predicted molar refractivity (Wildman–Crippen MR) is 48.3 cm³/mol. The smallest absolute Gasteiger partial charge is 0.210 e. The van der Waals surface area contributed by atoms with Gasteiger partial charge in [-0.3, -0.25) is 4.79 Å². The summed E-state index contributed by atoms with van der Waals surface area (Å²) < 4.78 is 0. The van der Waals surface area contributed by atoms with Crippen molar-refractivity contribution >= 4 is 12.1 Å². The van der Waals surface area contributed by atoms with Gasteiger partial charge in [0.15, 0.2) is 0 Å². The van der Waals surface area contributed by atoms with E-state index in [4.69, 9.17) is 4.84 Å². The molecule has 0 spiro atoms. The van der Waals surface area contributed by atoms with Crippen LogP contribution in [-0.4, -0.2) is 36.2 Å². The molecular weight excluding hydrogens is 168 g/mol. The van der Waals surface area contributed by atoms with Gasteiger partial charge >= 0.3 is 0 Å². The molecule has 1 amide bonds. The second kappa shape index (κ2) is 3.36. The van der Waals surface area contributed by atoms with Crippen LogP contribution in [0.3, 0.4) is 0 Å². The van der Waals surface area contributed by atoms with Gasteiger partial charge in [0.05, 0.1) is 17.7 Å². The van der Waals surface area contributed by atoms with Crippen LogP contribution in [-0.2, 0) is 9.63 Å². The Balaban J connectivity index is 2.14. The summed E-state index contributed by atoms with van der Waals surface area (Å²) in [6.07, 6.45) is 3.00. The maximum Gasteiger partial charge on any atom is 0.210 e. The number of fused-ring (bicyclic) bond motifs is 1. The van der Waals surface area contributed by atoms with Gasteiger partial charge in [-0.25, -0.2) is 0 Å². The van der Waals surface area contributed by atoms with Crippen molar-refractivity contribution < 1.29 is 9.63 Å². The van der Waals surface area contributed by atoms with Crippen molar-refractivity contribution in [2.45, 2.75) is 25.8 Å². The van der Waals surface area contributed by atoms with Crippen molar-refractivity contribution in [2.75, 3.05) is 13.2 Å². The molecule has 0 bridgehead atoms. The predicted octanol–water partition coefficient (Wildman–Crippen LogP) is 0.629. The van der Waals surface area contributed by atoms with Crippen LogP contribution in [0.4, 0.5) is 0 Å². The molecule has 13 heavy (non-hydrogen) atoms. The van der Waals surface area contributed by atoms with Crippen LogP contribution >= 0.6 is 0 Å². The van der Waals surface area contributed by atoms with Gasteiger partial charge in [-0.2, -0.15) is 0 Å². The average Bonchev–Trinajstić information content (AvgIpc) is 2.67. The van der Waals surface area contributed by atoms with Crippen LogP contribution in [0.2, 0.25) is 0 Å². The molecule has 0 aromatic heterocycles. The van der Waals surface area contributed by atoms with Crippen molar-refractivity contribution in [3.8, 4) is 0 Å². The van der Waals surface area contributed by atoms with Gasteiger partial charge < -0.3 is 9.74 Å². The fourth-order valence-electron chi connectivity index (χ4n) is 2.10. The fraction of sp³-hybridized carbons (Fsp3) is 0.778. The lowest BCUT2D eigenvalue weighted by atomic mass is 10.0. The normalized spacial score (nSPS) is 31.2. The highest BCUT2D eigenvalue weighted by atomic mass is 16.6. The fourth-order valence-corrected chi connectivity index (χ4v) is 2.10. The third kappa shape index (κ3) is 1.30. The average molecular weight is 182 g/mol. The lowest BCUT2D eigenvalue weighted by Gasteiger charge is -2.18. The second-order valence-corrected chi connectivity index (χ2v) is 3.62. The highest BCUT2D eigenvalue weighted by Crippen LogP contribution is 2.26. The lowest BCUT2D eigenvalue weighted by molar-refractivity contribution is -0.118. The number of oxime groups is 1. The molecule has 0 aromatic carbocycles. The third-order valence-corrected chi connectivity index (χ3v) is 2.73. The summed E-state index contributed by atoms with van der Waals surface area (Å²) in [4.78, 5) is 17.6. The first-order valence-electron chi connectivity index (χ1n) is 4.77. The summed E-state index contributed by atoms with van der Waals surface area (Å²) in [6.45, 7) is 3.56. The molecule has 1 fully saturated rings. The number of hydrogen-bond donors (Lipinski definition) is 0. The monoisotopic (exact) mass is 182 g/mol. The first-order valence-corrected chi connectivity index (χ1v) is 4.77. The largest absolute Gasteiger partial charge is 0.395 e. The Morgan fingerprint density at radius 1 is 1.77 bits per heavy atom. The van der Waals surface area contributed by atoms with Gasteiger partial charge in [0.25, 0.3) is 0 Å². The van der Waals surface area contributed by atoms with E-state index in [-0.39, 0.29) is 6.04 Å². The highest BCUT2D eigenvalue weighted by molar-refractivity contribution is 5.96. The topological polar surface area (TPSA) is 41.9 Å². The molecule has 4 nitrogen and oxygen atoms in total. The molecular formula is C9H14N2O2. The molecule has 72 valence electrons. The lowest BCUT2D eigenvalue weighted by Crippen LogP contribution is -2.31. The number of carbonyl (C=O) groups excluding carboxylic acids is 1. The van der Waals surface area contributed by atoms with E-state index in [1.807, 2.05) is 4.90 Å². The molecule has 2 atom stereocenters. The van der Waals surface area contributed by atoms with Crippen LogP contribution < -0.4 is 0 Å². The van der Waals surface area contributed by atoms with Gasteiger partial charge in [0.1, 0.15) is 6.61 Å². The highest BCUT2D eigenvalue weighted by Gasteiger charge is 2.40. The minimum atomic E-state index is 0.204. The number of carbonyl (C=O) groups is 1. The van der Waals surface area contributed by atoms with Crippen molar-refractivity contribution in [1.82, 2.24) is 4.90 Å². The van der Waals surface area contributed by atoms with Crippen LogP contribution in [0.1, 0.15) is 19.8 Å². The van der Waals surface area contributed by atoms with Gasteiger partial charge in [-0.05, 0) is 6.42 Å². The summed E-state index contributed by atoms with van der Waals surface area (Å²) in [5.74, 6) is 0.363. The number of likely N-dealkylation sites (tertiary alicyclic amines) is 1. The Morgan fingerprint density at radius 3 is 3.31 bits per heavy atom. The van der Waals surface area contributed by atoms with E-state index in [0.717, 1.165) is 31.5 Å².